The lowest BCUT2D eigenvalue weighted by Crippen LogP contribution is -2.63. The van der Waals surface area contributed by atoms with Crippen LogP contribution < -0.4 is 10.6 Å². The third kappa shape index (κ3) is 4.22. The van der Waals surface area contributed by atoms with Crippen LogP contribution in [0.15, 0.2) is 36.5 Å². The Hall–Kier alpha value is -2.71. The van der Waals surface area contributed by atoms with E-state index >= 15 is 0 Å². The van der Waals surface area contributed by atoms with Gasteiger partial charge >= 0.3 is 0 Å². The van der Waals surface area contributed by atoms with Crippen molar-refractivity contribution in [2.45, 2.75) is 31.8 Å². The van der Waals surface area contributed by atoms with E-state index in [1.165, 1.54) is 5.56 Å². The van der Waals surface area contributed by atoms with Crippen LogP contribution in [0.3, 0.4) is 0 Å². The van der Waals surface area contributed by atoms with Gasteiger partial charge in [0.05, 0.1) is 29.7 Å². The quantitative estimate of drug-likeness (QED) is 0.761. The van der Waals surface area contributed by atoms with Crippen LogP contribution in [0.1, 0.15) is 30.6 Å². The normalized spacial score (nSPS) is 26.5. The molecule has 3 atom stereocenters. The molecule has 2 aliphatic rings. The highest BCUT2D eigenvalue weighted by Crippen LogP contribution is 2.47. The van der Waals surface area contributed by atoms with Crippen molar-refractivity contribution in [2.24, 2.45) is 13.0 Å². The number of hydrogen-bond donors (Lipinski definition) is 2. The number of carbonyl (C=O) groups excluding carboxylic acids is 2. The maximum atomic E-state index is 13.0. The van der Waals surface area contributed by atoms with Gasteiger partial charge in [-0.15, -0.1) is 0 Å². The number of piperidine rings is 1. The van der Waals surface area contributed by atoms with E-state index in [2.05, 4.69) is 44.7 Å². The van der Waals surface area contributed by atoms with Crippen molar-refractivity contribution < 1.29 is 9.59 Å². The lowest BCUT2D eigenvalue weighted by molar-refractivity contribution is -0.122. The summed E-state index contributed by atoms with van der Waals surface area (Å²) in [6.45, 7) is 6.17. The van der Waals surface area contributed by atoms with Crippen LogP contribution in [-0.2, 0) is 16.6 Å². The number of likely N-dealkylation sites (tertiary alicyclic amines) is 2. The number of fused-ring (bicyclic) bond motifs is 1. The van der Waals surface area contributed by atoms with E-state index in [0.717, 1.165) is 30.9 Å². The van der Waals surface area contributed by atoms with Gasteiger partial charge in [-0.3, -0.25) is 19.2 Å². The van der Waals surface area contributed by atoms with Crippen molar-refractivity contribution in [1.82, 2.24) is 24.9 Å². The third-order valence-electron chi connectivity index (χ3n) is 6.77. The minimum atomic E-state index is -0.371. The fraction of sp³-hybridized carbons (Fsp3) is 0.522. The standard InChI is InChI=1S/C23H32N6O2/c1-16-20(12-24-28(16)4)25-21(31)13-29-15-23(26-17(2)30)14-27(3)11-10-19(23)22(29)18-8-6-5-7-9-18/h5-9,12,19,22H,10-11,13-15H2,1-4H3,(H,25,31)(H,26,30)/t19-,22-,23-/m1/s1. The molecule has 0 spiro atoms. The van der Waals surface area contributed by atoms with E-state index in [-0.39, 0.29) is 35.9 Å². The molecular formula is C23H32N6O2. The molecule has 0 saturated carbocycles. The molecule has 2 aliphatic heterocycles. The summed E-state index contributed by atoms with van der Waals surface area (Å²) in [4.78, 5) is 29.7. The number of aryl methyl sites for hydroxylation is 1. The zero-order chi connectivity index (χ0) is 22.2. The maximum absolute atomic E-state index is 13.0. The van der Waals surface area contributed by atoms with Crippen molar-refractivity contribution in [3.05, 3.63) is 47.8 Å². The fourth-order valence-electron chi connectivity index (χ4n) is 5.42. The highest BCUT2D eigenvalue weighted by Gasteiger charge is 2.55. The Morgan fingerprint density at radius 1 is 1.19 bits per heavy atom. The van der Waals surface area contributed by atoms with E-state index in [1.54, 1.807) is 17.8 Å². The largest absolute Gasteiger partial charge is 0.348 e. The molecule has 2 aromatic rings. The molecule has 2 saturated heterocycles. The summed E-state index contributed by atoms with van der Waals surface area (Å²) >= 11 is 0. The second-order valence-electron chi connectivity index (χ2n) is 9.05. The second-order valence-corrected chi connectivity index (χ2v) is 9.05. The molecule has 0 aliphatic carbocycles. The van der Waals surface area contributed by atoms with E-state index in [4.69, 9.17) is 0 Å². The summed E-state index contributed by atoms with van der Waals surface area (Å²) in [5, 5.41) is 10.5. The molecule has 0 unspecified atom stereocenters. The highest BCUT2D eigenvalue weighted by molar-refractivity contribution is 5.92. The van der Waals surface area contributed by atoms with Crippen LogP contribution >= 0.6 is 0 Å². The van der Waals surface area contributed by atoms with Gasteiger partial charge in [-0.25, -0.2) is 0 Å². The number of amides is 2. The molecule has 3 heterocycles. The summed E-state index contributed by atoms with van der Waals surface area (Å²) < 4.78 is 1.74. The molecule has 1 aromatic heterocycles. The van der Waals surface area contributed by atoms with Gasteiger partial charge < -0.3 is 15.5 Å². The molecule has 1 aromatic carbocycles. The molecule has 2 fully saturated rings. The van der Waals surface area contributed by atoms with Crippen LogP contribution in [0, 0.1) is 12.8 Å². The van der Waals surface area contributed by atoms with Crippen LogP contribution in [0.4, 0.5) is 5.69 Å². The Labute approximate surface area is 183 Å². The van der Waals surface area contributed by atoms with E-state index in [0.29, 0.717) is 6.54 Å². The van der Waals surface area contributed by atoms with Gasteiger partial charge in [0.15, 0.2) is 0 Å². The number of rotatable bonds is 5. The Balaban J connectivity index is 1.63. The van der Waals surface area contributed by atoms with Crippen molar-refractivity contribution in [3.8, 4) is 0 Å². The number of carbonyl (C=O) groups is 2. The molecule has 0 bridgehead atoms. The number of likely N-dealkylation sites (N-methyl/N-ethyl adjacent to an activating group) is 1. The van der Waals surface area contributed by atoms with Crippen molar-refractivity contribution >= 4 is 17.5 Å². The topological polar surface area (TPSA) is 82.5 Å². The van der Waals surface area contributed by atoms with Gasteiger partial charge in [0.2, 0.25) is 11.8 Å². The summed E-state index contributed by atoms with van der Waals surface area (Å²) in [6, 6.07) is 10.4. The number of nitrogens with zero attached hydrogens (tertiary/aromatic N) is 4. The highest BCUT2D eigenvalue weighted by atomic mass is 16.2. The molecule has 2 amide bonds. The summed E-state index contributed by atoms with van der Waals surface area (Å²) in [5.41, 5.74) is 2.47. The van der Waals surface area contributed by atoms with Gasteiger partial charge in [-0.2, -0.15) is 5.10 Å². The summed E-state index contributed by atoms with van der Waals surface area (Å²) in [5.74, 6) is 0.148. The zero-order valence-electron chi connectivity index (χ0n) is 18.8. The van der Waals surface area contributed by atoms with Crippen molar-refractivity contribution in [3.63, 3.8) is 0 Å². The van der Waals surface area contributed by atoms with Crippen LogP contribution in [-0.4, -0.2) is 70.2 Å². The average molecular weight is 425 g/mol. The SMILES string of the molecule is CC(=O)N[C@@]12CN(C)CC[C@@H]1[C@@H](c1ccccc1)N(CC(=O)Nc1cnn(C)c1C)C2. The minimum Gasteiger partial charge on any atom is -0.348 e. The second kappa shape index (κ2) is 8.43. The first-order valence-corrected chi connectivity index (χ1v) is 10.8. The molecule has 0 radical (unpaired) electrons. The Bertz CT molecular complexity index is 958. The fourth-order valence-corrected chi connectivity index (χ4v) is 5.42. The molecule has 166 valence electrons. The van der Waals surface area contributed by atoms with Gasteiger partial charge in [-0.05, 0) is 32.5 Å². The predicted molar refractivity (Wildman–Crippen MR) is 119 cm³/mol. The zero-order valence-corrected chi connectivity index (χ0v) is 18.8. The predicted octanol–water partition coefficient (Wildman–Crippen LogP) is 1.55. The Morgan fingerprint density at radius 3 is 2.58 bits per heavy atom. The molecule has 8 nitrogen and oxygen atoms in total. The third-order valence-corrected chi connectivity index (χ3v) is 6.77. The van der Waals surface area contributed by atoms with Crippen molar-refractivity contribution in [2.75, 3.05) is 38.5 Å². The summed E-state index contributed by atoms with van der Waals surface area (Å²) in [7, 11) is 3.95. The molecule has 31 heavy (non-hydrogen) atoms. The smallest absolute Gasteiger partial charge is 0.238 e. The van der Waals surface area contributed by atoms with E-state index in [9.17, 15) is 9.59 Å². The first kappa shape index (κ1) is 21.5. The Morgan fingerprint density at radius 2 is 1.94 bits per heavy atom. The van der Waals surface area contributed by atoms with Crippen LogP contribution in [0.5, 0.6) is 0 Å². The average Bonchev–Trinajstić information content (AvgIpc) is 3.18. The number of nitrogens with one attached hydrogen (secondary N) is 2. The maximum Gasteiger partial charge on any atom is 0.238 e. The lowest BCUT2D eigenvalue weighted by atomic mass is 9.76. The van der Waals surface area contributed by atoms with Crippen LogP contribution in [0.2, 0.25) is 0 Å². The van der Waals surface area contributed by atoms with Gasteiger partial charge in [0.1, 0.15) is 0 Å². The number of aromatic nitrogens is 2. The van der Waals surface area contributed by atoms with E-state index < -0.39 is 0 Å². The van der Waals surface area contributed by atoms with Crippen LogP contribution in [0.25, 0.3) is 0 Å². The Kier molecular flexibility index (Phi) is 5.85. The van der Waals surface area contributed by atoms with Gasteiger partial charge in [0.25, 0.3) is 0 Å². The summed E-state index contributed by atoms with van der Waals surface area (Å²) in [6.07, 6.45) is 2.65. The number of hydrogen-bond acceptors (Lipinski definition) is 5. The van der Waals surface area contributed by atoms with E-state index in [1.807, 2.05) is 32.2 Å². The molecule has 4 rings (SSSR count). The number of benzene rings is 1. The first-order valence-electron chi connectivity index (χ1n) is 10.8. The van der Waals surface area contributed by atoms with Gasteiger partial charge in [-0.1, -0.05) is 30.3 Å². The lowest BCUT2D eigenvalue weighted by Gasteiger charge is -2.44. The van der Waals surface area contributed by atoms with Gasteiger partial charge in [0, 0.05) is 39.0 Å². The minimum absolute atomic E-state index is 0.0237. The number of anilines is 1. The molecular weight excluding hydrogens is 392 g/mol. The monoisotopic (exact) mass is 424 g/mol. The van der Waals surface area contributed by atoms with Crippen molar-refractivity contribution in [1.29, 1.82) is 0 Å². The molecule has 2 N–H and O–H groups in total. The first-order chi connectivity index (χ1) is 14.8. The molecule has 8 heteroatoms.